The van der Waals surface area contributed by atoms with Gasteiger partial charge in [-0.15, -0.1) is 0 Å². The summed E-state index contributed by atoms with van der Waals surface area (Å²) in [5.74, 6) is 0.207. The van der Waals surface area contributed by atoms with Crippen LogP contribution in [-0.2, 0) is 20.9 Å². The molecule has 0 radical (unpaired) electrons. The molecule has 0 saturated carbocycles. The minimum atomic E-state index is -0.381. The van der Waals surface area contributed by atoms with Crippen LogP contribution in [-0.4, -0.2) is 59.0 Å². The van der Waals surface area contributed by atoms with Crippen LogP contribution < -0.4 is 10.1 Å². The van der Waals surface area contributed by atoms with E-state index in [1.165, 1.54) is 18.0 Å². The number of aromatic nitrogens is 4. The molecule has 0 bridgehead atoms. The van der Waals surface area contributed by atoms with Crippen molar-refractivity contribution >= 4 is 11.9 Å². The summed E-state index contributed by atoms with van der Waals surface area (Å²) in [6, 6.07) is 9.28. The van der Waals surface area contributed by atoms with Crippen molar-refractivity contribution in [2.24, 2.45) is 0 Å². The second kappa shape index (κ2) is 11.0. The van der Waals surface area contributed by atoms with Crippen molar-refractivity contribution in [1.29, 1.82) is 0 Å². The standard InChI is InChI=1S/C22H25N5O5/c1-4-32-20(28)10-12-23-21(29)16-13-25-27(18(16)14-30-2)22-24-11-9-17(26-22)15-7-5-6-8-19(15)31-3/h5-9,11,13H,4,10,12,14H2,1-3H3,(H,23,29). The molecule has 0 aliphatic heterocycles. The highest BCUT2D eigenvalue weighted by Crippen LogP contribution is 2.28. The van der Waals surface area contributed by atoms with Crippen LogP contribution in [0.2, 0.25) is 0 Å². The minimum Gasteiger partial charge on any atom is -0.496 e. The molecule has 1 N–H and O–H groups in total. The number of hydrogen-bond acceptors (Lipinski definition) is 8. The zero-order valence-electron chi connectivity index (χ0n) is 18.2. The second-order valence-electron chi connectivity index (χ2n) is 6.60. The molecule has 2 heterocycles. The van der Waals surface area contributed by atoms with Crippen LogP contribution in [0.4, 0.5) is 0 Å². The van der Waals surface area contributed by atoms with Gasteiger partial charge in [0.2, 0.25) is 0 Å². The van der Waals surface area contributed by atoms with Crippen molar-refractivity contribution in [3.05, 3.63) is 54.0 Å². The maximum absolute atomic E-state index is 12.7. The molecular weight excluding hydrogens is 414 g/mol. The van der Waals surface area contributed by atoms with Crippen LogP contribution >= 0.6 is 0 Å². The van der Waals surface area contributed by atoms with Crippen LogP contribution in [0.15, 0.2) is 42.7 Å². The first kappa shape index (κ1) is 22.9. The third kappa shape index (κ3) is 5.27. The molecule has 0 fully saturated rings. The lowest BCUT2D eigenvalue weighted by Crippen LogP contribution is -2.27. The summed E-state index contributed by atoms with van der Waals surface area (Å²) in [6.07, 6.45) is 3.12. The summed E-state index contributed by atoms with van der Waals surface area (Å²) in [5.41, 5.74) is 2.24. The van der Waals surface area contributed by atoms with E-state index in [4.69, 9.17) is 14.2 Å². The molecule has 10 heteroatoms. The number of ether oxygens (including phenoxy) is 3. The van der Waals surface area contributed by atoms with E-state index in [-0.39, 0.29) is 37.4 Å². The first-order valence-electron chi connectivity index (χ1n) is 10.1. The third-order valence-corrected chi connectivity index (χ3v) is 4.53. The van der Waals surface area contributed by atoms with Gasteiger partial charge in [0.1, 0.15) is 5.75 Å². The zero-order chi connectivity index (χ0) is 22.9. The number of hydrogen-bond donors (Lipinski definition) is 1. The van der Waals surface area contributed by atoms with Crippen molar-refractivity contribution in [2.45, 2.75) is 20.0 Å². The number of esters is 1. The van der Waals surface area contributed by atoms with Crippen molar-refractivity contribution in [3.8, 4) is 23.0 Å². The Morgan fingerprint density at radius 2 is 1.97 bits per heavy atom. The number of nitrogens with zero attached hydrogens (tertiary/aromatic N) is 4. The maximum Gasteiger partial charge on any atom is 0.307 e. The van der Waals surface area contributed by atoms with Gasteiger partial charge in [-0.25, -0.2) is 9.97 Å². The highest BCUT2D eigenvalue weighted by molar-refractivity contribution is 5.95. The Morgan fingerprint density at radius 3 is 2.72 bits per heavy atom. The van der Waals surface area contributed by atoms with E-state index in [2.05, 4.69) is 20.4 Å². The van der Waals surface area contributed by atoms with Crippen molar-refractivity contribution in [1.82, 2.24) is 25.1 Å². The van der Waals surface area contributed by atoms with Crippen LogP contribution in [0.1, 0.15) is 29.4 Å². The second-order valence-corrected chi connectivity index (χ2v) is 6.60. The first-order valence-corrected chi connectivity index (χ1v) is 10.1. The Kier molecular flexibility index (Phi) is 7.87. The van der Waals surface area contributed by atoms with E-state index >= 15 is 0 Å². The van der Waals surface area contributed by atoms with Gasteiger partial charge in [-0.05, 0) is 25.1 Å². The van der Waals surface area contributed by atoms with E-state index in [0.717, 1.165) is 5.56 Å². The summed E-state index contributed by atoms with van der Waals surface area (Å²) < 4.78 is 17.0. The summed E-state index contributed by atoms with van der Waals surface area (Å²) >= 11 is 0. The molecule has 32 heavy (non-hydrogen) atoms. The molecule has 3 aromatic rings. The third-order valence-electron chi connectivity index (χ3n) is 4.53. The summed E-state index contributed by atoms with van der Waals surface area (Å²) in [7, 11) is 3.11. The van der Waals surface area contributed by atoms with E-state index in [1.807, 2.05) is 24.3 Å². The van der Waals surface area contributed by atoms with Gasteiger partial charge in [0.05, 0.1) is 49.9 Å². The Morgan fingerprint density at radius 1 is 1.16 bits per heavy atom. The highest BCUT2D eigenvalue weighted by Gasteiger charge is 2.20. The predicted octanol–water partition coefficient (Wildman–Crippen LogP) is 2.17. The number of benzene rings is 1. The molecule has 0 atom stereocenters. The Balaban J connectivity index is 1.87. The number of para-hydroxylation sites is 1. The SMILES string of the molecule is CCOC(=O)CCNC(=O)c1cnn(-c2nccc(-c3ccccc3OC)n2)c1COC. The van der Waals surface area contributed by atoms with Crippen molar-refractivity contribution in [3.63, 3.8) is 0 Å². The molecule has 1 amide bonds. The molecule has 1 aromatic carbocycles. The zero-order valence-corrected chi connectivity index (χ0v) is 18.2. The van der Waals surface area contributed by atoms with Gasteiger partial charge in [0, 0.05) is 25.4 Å². The van der Waals surface area contributed by atoms with Crippen molar-refractivity contribution < 1.29 is 23.8 Å². The largest absolute Gasteiger partial charge is 0.496 e. The number of nitrogens with one attached hydrogen (secondary N) is 1. The summed E-state index contributed by atoms with van der Waals surface area (Å²) in [6.45, 7) is 2.29. The number of carbonyl (C=O) groups excluding carboxylic acids is 2. The van der Waals surface area contributed by atoms with E-state index in [9.17, 15) is 9.59 Å². The Labute approximate surface area is 185 Å². The molecule has 0 spiro atoms. The number of carbonyl (C=O) groups is 2. The van der Waals surface area contributed by atoms with E-state index in [0.29, 0.717) is 29.3 Å². The van der Waals surface area contributed by atoms with Gasteiger partial charge < -0.3 is 19.5 Å². The van der Waals surface area contributed by atoms with E-state index < -0.39 is 0 Å². The van der Waals surface area contributed by atoms with Gasteiger partial charge in [-0.1, -0.05) is 12.1 Å². The molecule has 10 nitrogen and oxygen atoms in total. The lowest BCUT2D eigenvalue weighted by atomic mass is 10.1. The average Bonchev–Trinajstić information content (AvgIpc) is 3.23. The molecular formula is C22H25N5O5. The molecule has 3 rings (SSSR count). The lowest BCUT2D eigenvalue weighted by molar-refractivity contribution is -0.142. The molecule has 0 aliphatic carbocycles. The number of amides is 1. The fourth-order valence-electron chi connectivity index (χ4n) is 3.07. The van der Waals surface area contributed by atoms with Gasteiger partial charge in [0.25, 0.3) is 11.9 Å². The Bertz CT molecular complexity index is 1080. The van der Waals surface area contributed by atoms with Crippen LogP contribution in [0.3, 0.4) is 0 Å². The lowest BCUT2D eigenvalue weighted by Gasteiger charge is -2.11. The molecule has 0 unspecified atom stereocenters. The van der Waals surface area contributed by atoms with Gasteiger partial charge in [-0.3, -0.25) is 9.59 Å². The molecule has 0 saturated heterocycles. The quantitative estimate of drug-likeness (QED) is 0.478. The van der Waals surface area contributed by atoms with Crippen LogP contribution in [0, 0.1) is 0 Å². The molecule has 2 aromatic heterocycles. The van der Waals surface area contributed by atoms with Crippen LogP contribution in [0.25, 0.3) is 17.2 Å². The summed E-state index contributed by atoms with van der Waals surface area (Å²) in [5, 5.41) is 7.00. The summed E-state index contributed by atoms with van der Waals surface area (Å²) in [4.78, 5) is 33.1. The topological polar surface area (TPSA) is 117 Å². The normalized spacial score (nSPS) is 10.6. The van der Waals surface area contributed by atoms with E-state index in [1.54, 1.807) is 26.3 Å². The minimum absolute atomic E-state index is 0.0807. The monoisotopic (exact) mass is 439 g/mol. The maximum atomic E-state index is 12.7. The smallest absolute Gasteiger partial charge is 0.307 e. The van der Waals surface area contributed by atoms with Crippen molar-refractivity contribution in [2.75, 3.05) is 27.4 Å². The molecule has 0 aliphatic rings. The van der Waals surface area contributed by atoms with Gasteiger partial charge in [0.15, 0.2) is 0 Å². The van der Waals surface area contributed by atoms with Crippen LogP contribution in [0.5, 0.6) is 5.75 Å². The first-order chi connectivity index (χ1) is 15.6. The number of methoxy groups -OCH3 is 2. The fraction of sp³-hybridized carbons (Fsp3) is 0.318. The molecule has 168 valence electrons. The highest BCUT2D eigenvalue weighted by atomic mass is 16.5. The van der Waals surface area contributed by atoms with Gasteiger partial charge in [-0.2, -0.15) is 9.78 Å². The Hall–Kier alpha value is -3.79. The number of rotatable bonds is 10. The predicted molar refractivity (Wildman–Crippen MR) is 115 cm³/mol. The van der Waals surface area contributed by atoms with Gasteiger partial charge >= 0.3 is 5.97 Å². The fourth-order valence-corrected chi connectivity index (χ4v) is 3.07. The average molecular weight is 439 g/mol.